The molecule has 2 rings (SSSR count). The molecule has 0 aliphatic heterocycles. The third kappa shape index (κ3) is 5.46. The highest BCUT2D eigenvalue weighted by Crippen LogP contribution is 2.15. The summed E-state index contributed by atoms with van der Waals surface area (Å²) in [5.41, 5.74) is 1.40. The average Bonchev–Trinajstić information content (AvgIpc) is 2.60. The zero-order valence-corrected chi connectivity index (χ0v) is 14.1. The summed E-state index contributed by atoms with van der Waals surface area (Å²) < 4.78 is 9.96. The highest BCUT2D eigenvalue weighted by Gasteiger charge is 2.09. The van der Waals surface area contributed by atoms with Crippen molar-refractivity contribution in [2.45, 2.75) is 20.3 Å². The summed E-state index contributed by atoms with van der Waals surface area (Å²) in [5, 5.41) is 2.73. The first-order valence-corrected chi connectivity index (χ1v) is 7.86. The quantitative estimate of drug-likeness (QED) is 0.643. The molecule has 0 aliphatic rings. The van der Waals surface area contributed by atoms with Gasteiger partial charge in [-0.1, -0.05) is 6.92 Å². The molecule has 0 radical (unpaired) electrons. The van der Waals surface area contributed by atoms with E-state index >= 15 is 0 Å². The van der Waals surface area contributed by atoms with Gasteiger partial charge in [-0.05, 0) is 55.0 Å². The Hall–Kier alpha value is -3.15. The van der Waals surface area contributed by atoms with Gasteiger partial charge >= 0.3 is 11.9 Å². The Kier molecular flexibility index (Phi) is 6.28. The highest BCUT2D eigenvalue weighted by molar-refractivity contribution is 6.04. The molecule has 0 atom stereocenters. The van der Waals surface area contributed by atoms with Crippen LogP contribution in [0.3, 0.4) is 0 Å². The maximum absolute atomic E-state index is 12.2. The van der Waals surface area contributed by atoms with Gasteiger partial charge in [0.15, 0.2) is 0 Å². The lowest BCUT2D eigenvalue weighted by Crippen LogP contribution is -2.12. The summed E-state index contributed by atoms with van der Waals surface area (Å²) in [7, 11) is 0. The van der Waals surface area contributed by atoms with Gasteiger partial charge in [0.05, 0.1) is 12.2 Å². The summed E-state index contributed by atoms with van der Waals surface area (Å²) >= 11 is 0. The van der Waals surface area contributed by atoms with E-state index in [4.69, 9.17) is 9.47 Å². The molecule has 6 nitrogen and oxygen atoms in total. The van der Waals surface area contributed by atoms with E-state index in [1.807, 2.05) is 6.92 Å². The smallest absolute Gasteiger partial charge is 0.338 e. The van der Waals surface area contributed by atoms with E-state index in [-0.39, 0.29) is 11.9 Å². The summed E-state index contributed by atoms with van der Waals surface area (Å²) in [6.45, 7) is 3.60. The molecular formula is C19H19NO5. The summed E-state index contributed by atoms with van der Waals surface area (Å²) in [6.07, 6.45) is 0.760. The number of hydrogen-bond donors (Lipinski definition) is 1. The molecule has 0 fully saturated rings. The zero-order chi connectivity index (χ0) is 18.2. The maximum atomic E-state index is 12.2. The van der Waals surface area contributed by atoms with Crippen molar-refractivity contribution >= 4 is 23.5 Å². The third-order valence-electron chi connectivity index (χ3n) is 3.19. The lowest BCUT2D eigenvalue weighted by molar-refractivity contribution is -0.131. The van der Waals surface area contributed by atoms with Crippen molar-refractivity contribution in [2.75, 3.05) is 11.9 Å². The fourth-order valence-corrected chi connectivity index (χ4v) is 2.01. The lowest BCUT2D eigenvalue weighted by atomic mass is 10.1. The van der Waals surface area contributed by atoms with Gasteiger partial charge in [-0.25, -0.2) is 4.79 Å². The van der Waals surface area contributed by atoms with E-state index in [1.165, 1.54) is 6.92 Å². The van der Waals surface area contributed by atoms with Crippen LogP contribution in [-0.4, -0.2) is 24.5 Å². The number of rotatable bonds is 6. The second-order valence-electron chi connectivity index (χ2n) is 5.29. The minimum absolute atomic E-state index is 0.310. The van der Waals surface area contributed by atoms with Crippen molar-refractivity contribution in [1.29, 1.82) is 0 Å². The van der Waals surface area contributed by atoms with E-state index in [0.29, 0.717) is 29.2 Å². The van der Waals surface area contributed by atoms with Crippen molar-refractivity contribution < 1.29 is 23.9 Å². The van der Waals surface area contributed by atoms with Gasteiger partial charge < -0.3 is 14.8 Å². The van der Waals surface area contributed by atoms with Crippen molar-refractivity contribution in [1.82, 2.24) is 0 Å². The van der Waals surface area contributed by atoms with Crippen LogP contribution in [0.1, 0.15) is 41.0 Å². The Labute approximate surface area is 145 Å². The van der Waals surface area contributed by atoms with Crippen LogP contribution in [0.5, 0.6) is 5.75 Å². The SMILES string of the molecule is CCCOC(=O)c1ccc(NC(=O)c2ccc(OC(C)=O)cc2)cc1. The second kappa shape index (κ2) is 8.63. The van der Waals surface area contributed by atoms with E-state index in [0.717, 1.165) is 6.42 Å². The van der Waals surface area contributed by atoms with Crippen molar-refractivity contribution in [3.8, 4) is 5.75 Å². The monoisotopic (exact) mass is 341 g/mol. The first-order valence-electron chi connectivity index (χ1n) is 7.86. The molecule has 0 saturated heterocycles. The van der Waals surface area contributed by atoms with E-state index in [2.05, 4.69) is 5.32 Å². The van der Waals surface area contributed by atoms with Crippen LogP contribution in [0.25, 0.3) is 0 Å². The van der Waals surface area contributed by atoms with Gasteiger partial charge in [0.25, 0.3) is 5.91 Å². The van der Waals surface area contributed by atoms with Gasteiger partial charge in [0, 0.05) is 18.2 Å². The number of benzene rings is 2. The predicted molar refractivity (Wildman–Crippen MR) is 92.7 cm³/mol. The summed E-state index contributed by atoms with van der Waals surface area (Å²) in [4.78, 5) is 34.8. The lowest BCUT2D eigenvalue weighted by Gasteiger charge is -2.07. The molecule has 0 bridgehead atoms. The van der Waals surface area contributed by atoms with Crippen LogP contribution in [0.2, 0.25) is 0 Å². The molecule has 0 heterocycles. The van der Waals surface area contributed by atoms with Crippen LogP contribution in [-0.2, 0) is 9.53 Å². The summed E-state index contributed by atoms with van der Waals surface area (Å²) in [6, 6.07) is 12.7. The number of carbonyl (C=O) groups is 3. The largest absolute Gasteiger partial charge is 0.462 e. The molecular weight excluding hydrogens is 322 g/mol. The van der Waals surface area contributed by atoms with Gasteiger partial charge in [0.1, 0.15) is 5.75 Å². The van der Waals surface area contributed by atoms with Crippen molar-refractivity contribution in [3.05, 3.63) is 59.7 Å². The first-order chi connectivity index (χ1) is 12.0. The van der Waals surface area contributed by atoms with Crippen molar-refractivity contribution in [2.24, 2.45) is 0 Å². The normalized spacial score (nSPS) is 10.0. The fraction of sp³-hybridized carbons (Fsp3) is 0.211. The molecule has 0 aliphatic carbocycles. The minimum Gasteiger partial charge on any atom is -0.462 e. The number of amides is 1. The van der Waals surface area contributed by atoms with Gasteiger partial charge in [-0.3, -0.25) is 9.59 Å². The molecule has 0 aromatic heterocycles. The van der Waals surface area contributed by atoms with Gasteiger partial charge in [-0.2, -0.15) is 0 Å². The number of ether oxygens (including phenoxy) is 2. The van der Waals surface area contributed by atoms with Crippen LogP contribution < -0.4 is 10.1 Å². The third-order valence-corrected chi connectivity index (χ3v) is 3.19. The Morgan fingerprint density at radius 2 is 1.52 bits per heavy atom. The van der Waals surface area contributed by atoms with Gasteiger partial charge in [0.2, 0.25) is 0 Å². The maximum Gasteiger partial charge on any atom is 0.338 e. The number of hydrogen-bond acceptors (Lipinski definition) is 5. The van der Waals surface area contributed by atoms with Crippen LogP contribution >= 0.6 is 0 Å². The van der Waals surface area contributed by atoms with Crippen molar-refractivity contribution in [3.63, 3.8) is 0 Å². The predicted octanol–water partition coefficient (Wildman–Crippen LogP) is 3.43. The molecule has 6 heteroatoms. The van der Waals surface area contributed by atoms with Crippen LogP contribution in [0, 0.1) is 0 Å². The number of anilines is 1. The molecule has 130 valence electrons. The molecule has 0 unspecified atom stereocenters. The fourth-order valence-electron chi connectivity index (χ4n) is 2.01. The van der Waals surface area contributed by atoms with E-state index in [9.17, 15) is 14.4 Å². The molecule has 0 saturated carbocycles. The molecule has 25 heavy (non-hydrogen) atoms. The van der Waals surface area contributed by atoms with Gasteiger partial charge in [-0.15, -0.1) is 0 Å². The van der Waals surface area contributed by atoms with E-state index < -0.39 is 5.97 Å². The number of carbonyl (C=O) groups excluding carboxylic acids is 3. The molecule has 2 aromatic carbocycles. The standard InChI is InChI=1S/C19H19NO5/c1-3-12-24-19(23)15-4-8-16(9-5-15)20-18(22)14-6-10-17(11-7-14)25-13(2)21/h4-11H,3,12H2,1-2H3,(H,20,22). The second-order valence-corrected chi connectivity index (χ2v) is 5.29. The molecule has 2 aromatic rings. The topological polar surface area (TPSA) is 81.7 Å². The number of nitrogens with one attached hydrogen (secondary N) is 1. The molecule has 0 spiro atoms. The molecule has 1 N–H and O–H groups in total. The zero-order valence-electron chi connectivity index (χ0n) is 14.1. The minimum atomic E-state index is -0.422. The number of esters is 2. The summed E-state index contributed by atoms with van der Waals surface area (Å²) in [5.74, 6) is -0.745. The van der Waals surface area contributed by atoms with Crippen LogP contribution in [0.4, 0.5) is 5.69 Å². The Balaban J connectivity index is 1.98. The van der Waals surface area contributed by atoms with Crippen LogP contribution in [0.15, 0.2) is 48.5 Å². The Morgan fingerprint density at radius 3 is 2.08 bits per heavy atom. The first kappa shape index (κ1) is 18.2. The average molecular weight is 341 g/mol. The highest BCUT2D eigenvalue weighted by atomic mass is 16.5. The Morgan fingerprint density at radius 1 is 0.920 bits per heavy atom. The molecule has 1 amide bonds. The Bertz CT molecular complexity index is 750. The van der Waals surface area contributed by atoms with E-state index in [1.54, 1.807) is 48.5 Å².